The summed E-state index contributed by atoms with van der Waals surface area (Å²) in [5.41, 5.74) is 0. The first-order valence-electron chi connectivity index (χ1n) is 3.97. The molecule has 0 aromatic carbocycles. The molecule has 1 saturated heterocycles. The van der Waals surface area contributed by atoms with Crippen molar-refractivity contribution in [3.63, 3.8) is 0 Å². The zero-order valence-corrected chi connectivity index (χ0v) is 6.73. The fourth-order valence-electron chi connectivity index (χ4n) is 1.20. The van der Waals surface area contributed by atoms with Crippen molar-refractivity contribution in [3.05, 3.63) is 18.6 Å². The first-order chi connectivity index (χ1) is 5.97. The average Bonchev–Trinajstić information content (AvgIpc) is 2.21. The van der Waals surface area contributed by atoms with Crippen LogP contribution in [-0.4, -0.2) is 36.3 Å². The minimum absolute atomic E-state index is 0.776. The molecule has 1 aliphatic heterocycles. The smallest absolute Gasteiger partial charge is 0.140 e. The molecule has 0 bridgehead atoms. The van der Waals surface area contributed by atoms with E-state index in [1.165, 1.54) is 0 Å². The minimum Gasteiger partial charge on any atom is -0.378 e. The van der Waals surface area contributed by atoms with Crippen LogP contribution in [0.4, 0.5) is 5.82 Å². The van der Waals surface area contributed by atoms with E-state index in [4.69, 9.17) is 4.74 Å². The number of anilines is 1. The summed E-state index contributed by atoms with van der Waals surface area (Å²) in [5.74, 6) is 0.869. The second kappa shape index (κ2) is 3.49. The van der Waals surface area contributed by atoms with Gasteiger partial charge in [-0.3, -0.25) is 0 Å². The lowest BCUT2D eigenvalue weighted by Gasteiger charge is -2.27. The van der Waals surface area contributed by atoms with Crippen molar-refractivity contribution in [2.24, 2.45) is 0 Å². The lowest BCUT2D eigenvalue weighted by molar-refractivity contribution is 0.122. The molecule has 1 aliphatic rings. The number of rotatable bonds is 1. The molecule has 12 heavy (non-hydrogen) atoms. The molecule has 0 atom stereocenters. The van der Waals surface area contributed by atoms with Gasteiger partial charge >= 0.3 is 0 Å². The topological polar surface area (TPSA) is 38.2 Å². The van der Waals surface area contributed by atoms with Crippen molar-refractivity contribution in [2.75, 3.05) is 31.2 Å². The highest BCUT2D eigenvalue weighted by Gasteiger charge is 2.11. The third-order valence-corrected chi connectivity index (χ3v) is 1.83. The van der Waals surface area contributed by atoms with E-state index >= 15 is 0 Å². The van der Waals surface area contributed by atoms with Crippen molar-refractivity contribution in [3.8, 4) is 0 Å². The van der Waals surface area contributed by atoms with Gasteiger partial charge in [-0.25, -0.2) is 9.97 Å². The van der Waals surface area contributed by atoms with Gasteiger partial charge in [-0.05, 0) is 0 Å². The quantitative estimate of drug-likeness (QED) is 0.590. The molecule has 2 heterocycles. The molecule has 1 aromatic heterocycles. The predicted octanol–water partition coefficient (Wildman–Crippen LogP) is 0.113. The molecule has 63 valence electrons. The van der Waals surface area contributed by atoms with E-state index in [-0.39, 0.29) is 0 Å². The molecule has 0 unspecified atom stereocenters. The van der Waals surface area contributed by atoms with Gasteiger partial charge in [-0.1, -0.05) is 0 Å². The second-order valence-corrected chi connectivity index (χ2v) is 2.59. The summed E-state index contributed by atoms with van der Waals surface area (Å²) in [6.45, 7) is 3.34. The van der Waals surface area contributed by atoms with Gasteiger partial charge in [0.05, 0.1) is 13.2 Å². The molecule has 0 N–H and O–H groups in total. The molecule has 2 rings (SSSR count). The number of nitrogens with zero attached hydrogens (tertiary/aromatic N) is 3. The van der Waals surface area contributed by atoms with Gasteiger partial charge in [-0.2, -0.15) is 0 Å². The molecule has 4 nitrogen and oxygen atoms in total. The third-order valence-electron chi connectivity index (χ3n) is 1.83. The van der Waals surface area contributed by atoms with Crippen LogP contribution in [0, 0.1) is 6.07 Å². The van der Waals surface area contributed by atoms with Gasteiger partial charge in [-0.15, -0.1) is 0 Å². The fraction of sp³-hybridized carbons (Fsp3) is 0.500. The summed E-state index contributed by atoms with van der Waals surface area (Å²) in [7, 11) is 0. The first kappa shape index (κ1) is 7.49. The van der Waals surface area contributed by atoms with Gasteiger partial charge in [0.2, 0.25) is 0 Å². The Morgan fingerprint density at radius 2 is 2.25 bits per heavy atom. The maximum absolute atomic E-state index is 5.22. The van der Waals surface area contributed by atoms with Crippen LogP contribution in [0.5, 0.6) is 0 Å². The molecule has 0 amide bonds. The van der Waals surface area contributed by atoms with E-state index in [0.717, 1.165) is 32.1 Å². The van der Waals surface area contributed by atoms with Crippen LogP contribution in [0.15, 0.2) is 12.5 Å². The largest absolute Gasteiger partial charge is 0.378 e. The van der Waals surface area contributed by atoms with Crippen molar-refractivity contribution < 1.29 is 4.74 Å². The van der Waals surface area contributed by atoms with E-state index in [2.05, 4.69) is 20.9 Å². The zero-order valence-electron chi connectivity index (χ0n) is 6.73. The normalized spacial score (nSPS) is 17.8. The fourth-order valence-corrected chi connectivity index (χ4v) is 1.20. The number of morpholine rings is 1. The van der Waals surface area contributed by atoms with Crippen LogP contribution in [0.1, 0.15) is 0 Å². The van der Waals surface area contributed by atoms with E-state index in [0.29, 0.717) is 0 Å². The summed E-state index contributed by atoms with van der Waals surface area (Å²) in [6, 6.07) is 2.99. The average molecular weight is 164 g/mol. The van der Waals surface area contributed by atoms with E-state index in [1.54, 1.807) is 12.5 Å². The van der Waals surface area contributed by atoms with Crippen LogP contribution >= 0.6 is 0 Å². The summed E-state index contributed by atoms with van der Waals surface area (Å²) in [5, 5.41) is 0. The Labute approximate surface area is 71.2 Å². The number of aromatic nitrogens is 2. The van der Waals surface area contributed by atoms with Crippen molar-refractivity contribution in [2.45, 2.75) is 0 Å². The van der Waals surface area contributed by atoms with E-state index in [1.807, 2.05) is 0 Å². The van der Waals surface area contributed by atoms with Crippen molar-refractivity contribution in [1.82, 2.24) is 9.97 Å². The highest BCUT2D eigenvalue weighted by atomic mass is 16.5. The SMILES string of the molecule is [c]1cncnc1N1CCOCC1. The lowest BCUT2D eigenvalue weighted by atomic mass is 10.4. The van der Waals surface area contributed by atoms with Gasteiger partial charge in [0.15, 0.2) is 0 Å². The second-order valence-electron chi connectivity index (χ2n) is 2.59. The van der Waals surface area contributed by atoms with Gasteiger partial charge in [0.1, 0.15) is 12.1 Å². The maximum Gasteiger partial charge on any atom is 0.140 e. The van der Waals surface area contributed by atoms with Gasteiger partial charge in [0, 0.05) is 25.4 Å². The Bertz CT molecular complexity index is 233. The number of hydrogen-bond donors (Lipinski definition) is 0. The monoisotopic (exact) mass is 164 g/mol. The van der Waals surface area contributed by atoms with Crippen LogP contribution in [0.25, 0.3) is 0 Å². The molecule has 4 heteroatoms. The lowest BCUT2D eigenvalue weighted by Crippen LogP contribution is -2.36. The van der Waals surface area contributed by atoms with E-state index in [9.17, 15) is 0 Å². The predicted molar refractivity (Wildman–Crippen MR) is 43.9 cm³/mol. The first-order valence-corrected chi connectivity index (χ1v) is 3.97. The number of ether oxygens (including phenoxy) is 1. The van der Waals surface area contributed by atoms with E-state index < -0.39 is 0 Å². The summed E-state index contributed by atoms with van der Waals surface area (Å²) in [6.07, 6.45) is 3.18. The molecular formula is C8H10N3O. The van der Waals surface area contributed by atoms with Gasteiger partial charge < -0.3 is 9.64 Å². The van der Waals surface area contributed by atoms with Gasteiger partial charge in [0.25, 0.3) is 0 Å². The molecule has 0 aliphatic carbocycles. The Hall–Kier alpha value is -1.16. The molecule has 1 radical (unpaired) electrons. The van der Waals surface area contributed by atoms with Crippen LogP contribution in [0.3, 0.4) is 0 Å². The zero-order chi connectivity index (χ0) is 8.23. The third kappa shape index (κ3) is 1.53. The molecule has 0 saturated carbocycles. The molecule has 1 aromatic rings. The summed E-state index contributed by atoms with van der Waals surface area (Å²) in [4.78, 5) is 10.1. The number of hydrogen-bond acceptors (Lipinski definition) is 4. The van der Waals surface area contributed by atoms with Crippen molar-refractivity contribution in [1.29, 1.82) is 0 Å². The molecule has 0 spiro atoms. The summed E-state index contributed by atoms with van der Waals surface area (Å²) < 4.78 is 5.22. The standard InChI is InChI=1S/C8H10N3O/c1-2-9-7-10-8(1)11-3-5-12-6-4-11/h2,7H,3-6H2. The Morgan fingerprint density at radius 1 is 1.42 bits per heavy atom. The van der Waals surface area contributed by atoms with Crippen LogP contribution in [0.2, 0.25) is 0 Å². The molecule has 1 fully saturated rings. The Morgan fingerprint density at radius 3 is 2.92 bits per heavy atom. The van der Waals surface area contributed by atoms with Crippen LogP contribution < -0.4 is 4.90 Å². The van der Waals surface area contributed by atoms with Crippen LogP contribution in [-0.2, 0) is 4.74 Å². The highest BCUT2D eigenvalue weighted by molar-refractivity contribution is 5.35. The van der Waals surface area contributed by atoms with Crippen molar-refractivity contribution >= 4 is 5.82 Å². The summed E-state index contributed by atoms with van der Waals surface area (Å²) >= 11 is 0. The minimum atomic E-state index is 0.776. The molecular weight excluding hydrogens is 154 g/mol. The maximum atomic E-state index is 5.22. The Balaban J connectivity index is 2.08. The highest BCUT2D eigenvalue weighted by Crippen LogP contribution is 2.08. The Kier molecular flexibility index (Phi) is 2.18.